The maximum Gasteiger partial charge on any atom is 0.416 e. The third-order valence-corrected chi connectivity index (χ3v) is 6.28. The van der Waals surface area contributed by atoms with E-state index in [0.29, 0.717) is 30.4 Å². The first-order chi connectivity index (χ1) is 18.9. The zero-order valence-corrected chi connectivity index (χ0v) is 24.7. The molecule has 2 heterocycles. The zero-order valence-electron chi connectivity index (χ0n) is 23.5. The van der Waals surface area contributed by atoms with Crippen LogP contribution in [0.1, 0.15) is 68.8 Å². The molecule has 1 aromatic carbocycles. The van der Waals surface area contributed by atoms with Crippen molar-refractivity contribution in [3.8, 4) is 0 Å². The number of rotatable bonds is 11. The molecule has 2 aromatic heterocycles. The number of halogens is 5. The van der Waals surface area contributed by atoms with Crippen LogP contribution in [-0.2, 0) is 11.8 Å². The first-order valence-corrected chi connectivity index (χ1v) is 13.9. The van der Waals surface area contributed by atoms with Gasteiger partial charge in [-0.25, -0.2) is 4.98 Å². The lowest BCUT2D eigenvalue weighted by molar-refractivity contribution is -0.137. The van der Waals surface area contributed by atoms with Gasteiger partial charge in [-0.15, -0.1) is 0 Å². The first kappa shape index (κ1) is 33.3. The standard InChI is InChI=1S/C28H32F5N4P.C2H6/c1-4-7-19(20-14-21(27(29,30)31)16-22(15-20)28(32,33)38)10-9-18(2)24-17-25-23(8-5-12-35-25)26(37-24)36-13-6-11-34-3;1-2/h5,7-10,12,14-18,34H,4,6,11,13,38H2,1-3H3,(H,36,37);1-2H3/b10-9-,19-7+;. The average Bonchev–Trinajstić information content (AvgIpc) is 2.92. The summed E-state index contributed by atoms with van der Waals surface area (Å²) < 4.78 is 68.6. The fourth-order valence-corrected chi connectivity index (χ4v) is 4.10. The van der Waals surface area contributed by atoms with Crippen molar-refractivity contribution in [3.05, 3.63) is 83.2 Å². The summed E-state index contributed by atoms with van der Waals surface area (Å²) in [6.07, 6.45) is 3.54. The minimum atomic E-state index is -4.76. The third-order valence-electron chi connectivity index (χ3n) is 5.95. The first-order valence-electron chi connectivity index (χ1n) is 13.4. The maximum absolute atomic E-state index is 14.0. The molecule has 0 bridgehead atoms. The van der Waals surface area contributed by atoms with Gasteiger partial charge in [0.1, 0.15) is 5.82 Å². The van der Waals surface area contributed by atoms with Crippen LogP contribution in [0.5, 0.6) is 0 Å². The van der Waals surface area contributed by atoms with Crippen molar-refractivity contribution in [2.24, 2.45) is 0 Å². The van der Waals surface area contributed by atoms with Gasteiger partial charge in [0, 0.05) is 29.6 Å². The van der Waals surface area contributed by atoms with Crippen LogP contribution in [0.25, 0.3) is 16.5 Å². The number of hydrogen-bond acceptors (Lipinski definition) is 4. The molecule has 3 aromatic rings. The van der Waals surface area contributed by atoms with E-state index in [1.54, 1.807) is 18.3 Å². The molecule has 0 radical (unpaired) electrons. The van der Waals surface area contributed by atoms with Crippen LogP contribution >= 0.6 is 9.24 Å². The summed E-state index contributed by atoms with van der Waals surface area (Å²) in [4.78, 5) is 9.25. The van der Waals surface area contributed by atoms with Crippen LogP contribution in [0.3, 0.4) is 0 Å². The predicted molar refractivity (Wildman–Crippen MR) is 159 cm³/mol. The highest BCUT2D eigenvalue weighted by molar-refractivity contribution is 7.17. The number of fused-ring (bicyclic) bond motifs is 1. The van der Waals surface area contributed by atoms with E-state index in [1.165, 1.54) is 9.24 Å². The summed E-state index contributed by atoms with van der Waals surface area (Å²) in [5.74, 6) is 0.476. The van der Waals surface area contributed by atoms with E-state index in [-0.39, 0.29) is 11.5 Å². The van der Waals surface area contributed by atoms with E-state index in [2.05, 4.69) is 15.6 Å². The van der Waals surface area contributed by atoms with Crippen LogP contribution in [0.15, 0.2) is 60.8 Å². The lowest BCUT2D eigenvalue weighted by Gasteiger charge is -2.17. The second-order valence-corrected chi connectivity index (χ2v) is 9.71. The van der Waals surface area contributed by atoms with Gasteiger partial charge in [-0.3, -0.25) is 4.98 Å². The summed E-state index contributed by atoms with van der Waals surface area (Å²) in [5.41, 5.74) is -3.35. The van der Waals surface area contributed by atoms with Gasteiger partial charge < -0.3 is 10.6 Å². The second kappa shape index (κ2) is 15.2. The minimum Gasteiger partial charge on any atom is -0.369 e. The summed E-state index contributed by atoms with van der Waals surface area (Å²) in [7, 11) is 3.19. The average molecular weight is 581 g/mol. The van der Waals surface area contributed by atoms with Gasteiger partial charge in [-0.2, -0.15) is 22.0 Å². The lowest BCUT2D eigenvalue weighted by atomic mass is 9.96. The Hall–Kier alpha value is -2.90. The molecule has 0 saturated carbocycles. The van der Waals surface area contributed by atoms with E-state index in [4.69, 9.17) is 4.98 Å². The van der Waals surface area contributed by atoms with E-state index >= 15 is 0 Å². The number of hydrogen-bond donors (Lipinski definition) is 2. The molecule has 40 heavy (non-hydrogen) atoms. The maximum atomic E-state index is 14.0. The Bertz CT molecular complexity index is 1270. The second-order valence-electron chi connectivity index (χ2n) is 8.98. The minimum absolute atomic E-state index is 0.0716. The molecule has 3 rings (SSSR count). The van der Waals surface area contributed by atoms with E-state index < -0.39 is 23.0 Å². The fraction of sp³-hybridized carbons (Fsp3) is 0.400. The van der Waals surface area contributed by atoms with Gasteiger partial charge in [0.15, 0.2) is 0 Å². The van der Waals surface area contributed by atoms with Gasteiger partial charge >= 0.3 is 6.18 Å². The summed E-state index contributed by atoms with van der Waals surface area (Å²) in [6.45, 7) is 9.32. The van der Waals surface area contributed by atoms with Gasteiger partial charge in [-0.05, 0) is 74.0 Å². The summed E-state index contributed by atoms with van der Waals surface area (Å²) in [6, 6.07) is 8.16. The Balaban J connectivity index is 0.00000274. The molecule has 2 N–H and O–H groups in total. The smallest absolute Gasteiger partial charge is 0.369 e. The van der Waals surface area contributed by atoms with Crippen LogP contribution in [0.4, 0.5) is 27.8 Å². The largest absolute Gasteiger partial charge is 0.416 e. The predicted octanol–water partition coefficient (Wildman–Crippen LogP) is 8.77. The Morgan fingerprint density at radius 3 is 2.38 bits per heavy atom. The number of aromatic nitrogens is 2. The van der Waals surface area contributed by atoms with E-state index in [1.807, 2.05) is 59.0 Å². The number of benzene rings is 1. The SMILES string of the molecule is CC.CC/C=C(\C=C/C(C)c1cc2ncccc2c(NCCCNC)n1)c1cc(C(F)(F)F)cc(C(F)(F)P)c1. The molecule has 2 atom stereocenters. The number of allylic oxidation sites excluding steroid dienone is 4. The van der Waals surface area contributed by atoms with E-state index in [9.17, 15) is 22.0 Å². The molecular formula is C30H38F5N4P. The highest BCUT2D eigenvalue weighted by atomic mass is 31.0. The molecule has 0 aliphatic rings. The molecule has 4 nitrogen and oxygen atoms in total. The molecule has 0 aliphatic carbocycles. The number of alkyl halides is 5. The van der Waals surface area contributed by atoms with Crippen molar-refractivity contribution >= 4 is 31.5 Å². The van der Waals surface area contributed by atoms with Gasteiger partial charge in [0.25, 0.3) is 5.66 Å². The number of anilines is 1. The van der Waals surface area contributed by atoms with Gasteiger partial charge in [0.05, 0.1) is 16.8 Å². The van der Waals surface area contributed by atoms with Crippen LogP contribution < -0.4 is 10.6 Å². The Kier molecular flexibility index (Phi) is 12.7. The molecule has 0 amide bonds. The molecule has 2 unspecified atom stereocenters. The van der Waals surface area contributed by atoms with Crippen molar-refractivity contribution in [2.45, 2.75) is 58.3 Å². The van der Waals surface area contributed by atoms with Crippen LogP contribution in [0, 0.1) is 0 Å². The highest BCUT2D eigenvalue weighted by Gasteiger charge is 2.34. The fourth-order valence-electron chi connectivity index (χ4n) is 3.93. The van der Waals surface area contributed by atoms with Crippen molar-refractivity contribution in [2.75, 3.05) is 25.5 Å². The molecule has 0 fully saturated rings. The molecular weight excluding hydrogens is 542 g/mol. The van der Waals surface area contributed by atoms with Gasteiger partial charge in [0.2, 0.25) is 0 Å². The molecule has 0 aliphatic heterocycles. The summed E-state index contributed by atoms with van der Waals surface area (Å²) in [5, 5.41) is 7.35. The Morgan fingerprint density at radius 1 is 1.05 bits per heavy atom. The number of nitrogens with zero attached hydrogens (tertiary/aromatic N) is 2. The normalized spacial score (nSPS) is 13.3. The Labute approximate surface area is 235 Å². The molecule has 218 valence electrons. The lowest BCUT2D eigenvalue weighted by Crippen LogP contribution is -2.14. The quantitative estimate of drug-likeness (QED) is 0.103. The highest BCUT2D eigenvalue weighted by Crippen LogP contribution is 2.40. The number of nitrogens with one attached hydrogen (secondary N) is 2. The third kappa shape index (κ3) is 9.34. The summed E-state index contributed by atoms with van der Waals surface area (Å²) >= 11 is 0. The van der Waals surface area contributed by atoms with Crippen molar-refractivity contribution < 1.29 is 22.0 Å². The van der Waals surface area contributed by atoms with Crippen LogP contribution in [-0.4, -0.2) is 30.1 Å². The Morgan fingerprint density at radius 2 is 1.75 bits per heavy atom. The molecule has 0 spiro atoms. The zero-order chi connectivity index (χ0) is 29.9. The molecule has 10 heteroatoms. The topological polar surface area (TPSA) is 49.8 Å². The van der Waals surface area contributed by atoms with Crippen molar-refractivity contribution in [1.82, 2.24) is 15.3 Å². The molecule has 0 saturated heterocycles. The monoisotopic (exact) mass is 580 g/mol. The van der Waals surface area contributed by atoms with Gasteiger partial charge in [-0.1, -0.05) is 55.2 Å². The number of pyridine rings is 2. The van der Waals surface area contributed by atoms with E-state index in [0.717, 1.165) is 41.7 Å². The van der Waals surface area contributed by atoms with Crippen LogP contribution in [0.2, 0.25) is 0 Å². The van der Waals surface area contributed by atoms with Crippen molar-refractivity contribution in [1.29, 1.82) is 0 Å². The van der Waals surface area contributed by atoms with Crippen molar-refractivity contribution in [3.63, 3.8) is 0 Å².